The highest BCUT2D eigenvalue weighted by molar-refractivity contribution is 9.10. The number of carbonyl (C=O) groups excluding carboxylic acids is 2. The van der Waals surface area contributed by atoms with Gasteiger partial charge in [0.2, 0.25) is 0 Å². The van der Waals surface area contributed by atoms with Gasteiger partial charge in [-0.3, -0.25) is 14.9 Å². The SMILES string of the molecule is CCCCOc1ccc(C(=O)NC(=S)Nc2cccc(C(=O)N(CCC)CCC)c2)cc1Br. The molecule has 0 aromatic heterocycles. The summed E-state index contributed by atoms with van der Waals surface area (Å²) in [7, 11) is 0. The molecule has 0 unspecified atom stereocenters. The van der Waals surface area contributed by atoms with E-state index in [1.54, 1.807) is 42.5 Å². The van der Waals surface area contributed by atoms with E-state index in [2.05, 4.69) is 47.3 Å². The molecule has 2 amide bonds. The van der Waals surface area contributed by atoms with Gasteiger partial charge in [0.15, 0.2) is 5.11 Å². The predicted molar refractivity (Wildman–Crippen MR) is 141 cm³/mol. The number of nitrogens with zero attached hydrogens (tertiary/aromatic N) is 1. The third-order valence-corrected chi connectivity index (χ3v) is 5.64. The fourth-order valence-corrected chi connectivity index (χ4v) is 3.89. The van der Waals surface area contributed by atoms with E-state index in [9.17, 15) is 9.59 Å². The van der Waals surface area contributed by atoms with Crippen molar-refractivity contribution >= 4 is 50.8 Å². The normalized spacial score (nSPS) is 10.4. The van der Waals surface area contributed by atoms with E-state index in [4.69, 9.17) is 17.0 Å². The maximum absolute atomic E-state index is 12.8. The number of amides is 2. The Morgan fingerprint density at radius 3 is 2.36 bits per heavy atom. The Bertz CT molecular complexity index is 962. The molecule has 2 N–H and O–H groups in total. The zero-order chi connectivity index (χ0) is 24.2. The first-order valence-corrected chi connectivity index (χ1v) is 12.5. The second-order valence-corrected chi connectivity index (χ2v) is 8.89. The molecule has 33 heavy (non-hydrogen) atoms. The summed E-state index contributed by atoms with van der Waals surface area (Å²) >= 11 is 8.76. The van der Waals surface area contributed by atoms with E-state index >= 15 is 0 Å². The Kier molecular flexibility index (Phi) is 11.3. The Hall–Kier alpha value is -2.45. The van der Waals surface area contributed by atoms with Gasteiger partial charge in [-0.05, 0) is 83.8 Å². The van der Waals surface area contributed by atoms with E-state index in [1.165, 1.54) is 0 Å². The molecule has 0 fully saturated rings. The first kappa shape index (κ1) is 26.8. The van der Waals surface area contributed by atoms with Crippen LogP contribution in [0.3, 0.4) is 0 Å². The molecule has 2 aromatic carbocycles. The number of nitrogens with one attached hydrogen (secondary N) is 2. The Morgan fingerprint density at radius 1 is 1.00 bits per heavy atom. The molecule has 0 aliphatic heterocycles. The fraction of sp³-hybridized carbons (Fsp3) is 0.400. The number of hydrogen-bond donors (Lipinski definition) is 2. The van der Waals surface area contributed by atoms with E-state index < -0.39 is 0 Å². The van der Waals surface area contributed by atoms with Gasteiger partial charge in [0, 0.05) is 29.9 Å². The minimum atomic E-state index is -0.336. The van der Waals surface area contributed by atoms with Crippen molar-refractivity contribution in [3.8, 4) is 5.75 Å². The minimum absolute atomic E-state index is 0.0107. The number of anilines is 1. The van der Waals surface area contributed by atoms with E-state index in [0.29, 0.717) is 33.6 Å². The highest BCUT2D eigenvalue weighted by Crippen LogP contribution is 2.26. The van der Waals surface area contributed by atoms with Crippen molar-refractivity contribution in [3.05, 3.63) is 58.1 Å². The molecule has 0 aliphatic carbocycles. The van der Waals surface area contributed by atoms with Crippen LogP contribution in [0.5, 0.6) is 5.75 Å². The van der Waals surface area contributed by atoms with Gasteiger partial charge in [-0.1, -0.05) is 33.3 Å². The molecule has 8 heteroatoms. The summed E-state index contributed by atoms with van der Waals surface area (Å²) < 4.78 is 6.41. The second-order valence-electron chi connectivity index (χ2n) is 7.63. The van der Waals surface area contributed by atoms with Gasteiger partial charge in [-0.2, -0.15) is 0 Å². The maximum Gasteiger partial charge on any atom is 0.257 e. The second kappa shape index (κ2) is 14.0. The molecular weight excluding hydrogens is 502 g/mol. The van der Waals surface area contributed by atoms with Crippen molar-refractivity contribution < 1.29 is 14.3 Å². The molecule has 0 spiro atoms. The molecule has 0 aliphatic rings. The van der Waals surface area contributed by atoms with Crippen LogP contribution in [0.15, 0.2) is 46.9 Å². The van der Waals surface area contributed by atoms with Gasteiger partial charge < -0.3 is 15.0 Å². The third kappa shape index (κ3) is 8.44. The molecule has 0 atom stereocenters. The zero-order valence-electron chi connectivity index (χ0n) is 19.4. The zero-order valence-corrected chi connectivity index (χ0v) is 21.9. The first-order valence-electron chi connectivity index (χ1n) is 11.3. The fourth-order valence-electron chi connectivity index (χ4n) is 3.19. The summed E-state index contributed by atoms with van der Waals surface area (Å²) in [6, 6.07) is 12.3. The van der Waals surface area contributed by atoms with Crippen molar-refractivity contribution in [1.29, 1.82) is 0 Å². The largest absolute Gasteiger partial charge is 0.492 e. The van der Waals surface area contributed by atoms with E-state index in [0.717, 1.165) is 38.8 Å². The van der Waals surface area contributed by atoms with Gasteiger partial charge in [-0.15, -0.1) is 0 Å². The summed E-state index contributed by atoms with van der Waals surface area (Å²) in [6.45, 7) is 8.28. The molecule has 6 nitrogen and oxygen atoms in total. The lowest BCUT2D eigenvalue weighted by Gasteiger charge is -2.21. The number of benzene rings is 2. The smallest absolute Gasteiger partial charge is 0.257 e. The quantitative estimate of drug-likeness (QED) is 0.273. The lowest BCUT2D eigenvalue weighted by atomic mass is 10.1. The standard InChI is InChI=1S/C25H32BrN3O3S/c1-4-7-15-32-22-12-11-18(17-21(22)26)23(30)28-25(33)27-20-10-8-9-19(16-20)24(31)29(13-5-2)14-6-3/h8-12,16-17H,4-7,13-15H2,1-3H3,(H2,27,28,30,33). The maximum atomic E-state index is 12.8. The highest BCUT2D eigenvalue weighted by Gasteiger charge is 2.15. The van der Waals surface area contributed by atoms with Crippen molar-refractivity contribution in [2.75, 3.05) is 25.0 Å². The molecule has 2 rings (SSSR count). The molecule has 178 valence electrons. The Balaban J connectivity index is 2.00. The van der Waals surface area contributed by atoms with E-state index in [-0.39, 0.29) is 16.9 Å². The summed E-state index contributed by atoms with van der Waals surface area (Å²) in [5.41, 5.74) is 1.67. The van der Waals surface area contributed by atoms with Gasteiger partial charge >= 0.3 is 0 Å². The van der Waals surface area contributed by atoms with Gasteiger partial charge in [0.25, 0.3) is 11.8 Å². The molecular formula is C25H32BrN3O3S. The van der Waals surface area contributed by atoms with E-state index in [1.807, 2.05) is 4.90 Å². The molecule has 0 saturated heterocycles. The lowest BCUT2D eigenvalue weighted by molar-refractivity contribution is 0.0755. The average Bonchev–Trinajstić information content (AvgIpc) is 2.79. The van der Waals surface area contributed by atoms with Crippen molar-refractivity contribution in [3.63, 3.8) is 0 Å². The van der Waals surface area contributed by atoms with Crippen LogP contribution in [0.2, 0.25) is 0 Å². The minimum Gasteiger partial charge on any atom is -0.492 e. The summed E-state index contributed by atoms with van der Waals surface area (Å²) in [4.78, 5) is 27.3. The number of hydrogen-bond acceptors (Lipinski definition) is 4. The van der Waals surface area contributed by atoms with Crippen molar-refractivity contribution in [2.45, 2.75) is 46.5 Å². The van der Waals surface area contributed by atoms with Crippen LogP contribution in [0, 0.1) is 0 Å². The van der Waals surface area contributed by atoms with Crippen molar-refractivity contribution in [1.82, 2.24) is 10.2 Å². The Morgan fingerprint density at radius 2 is 1.73 bits per heavy atom. The number of halogens is 1. The average molecular weight is 535 g/mol. The van der Waals surface area contributed by atoms with Crippen LogP contribution in [-0.4, -0.2) is 41.5 Å². The topological polar surface area (TPSA) is 70.7 Å². The molecule has 0 saturated carbocycles. The lowest BCUT2D eigenvalue weighted by Crippen LogP contribution is -2.34. The number of carbonyl (C=O) groups is 2. The monoisotopic (exact) mass is 533 g/mol. The van der Waals surface area contributed by atoms with Gasteiger partial charge in [0.1, 0.15) is 5.75 Å². The number of thiocarbonyl (C=S) groups is 1. The molecule has 2 aromatic rings. The molecule has 0 radical (unpaired) electrons. The highest BCUT2D eigenvalue weighted by atomic mass is 79.9. The summed E-state index contributed by atoms with van der Waals surface area (Å²) in [6.07, 6.45) is 3.83. The van der Waals surface area contributed by atoms with Crippen LogP contribution in [-0.2, 0) is 0 Å². The third-order valence-electron chi connectivity index (χ3n) is 4.82. The van der Waals surface area contributed by atoms with Crippen LogP contribution in [0.1, 0.15) is 67.2 Å². The Labute approximate surface area is 210 Å². The number of rotatable bonds is 11. The van der Waals surface area contributed by atoms with Crippen LogP contribution in [0.25, 0.3) is 0 Å². The van der Waals surface area contributed by atoms with Crippen LogP contribution >= 0.6 is 28.1 Å². The first-order chi connectivity index (χ1) is 15.9. The molecule has 0 bridgehead atoms. The van der Waals surface area contributed by atoms with Crippen molar-refractivity contribution in [2.24, 2.45) is 0 Å². The summed E-state index contributed by atoms with van der Waals surface area (Å²) in [5, 5.41) is 5.83. The predicted octanol–water partition coefficient (Wildman–Crippen LogP) is 6.02. The van der Waals surface area contributed by atoms with Crippen LogP contribution in [0.4, 0.5) is 5.69 Å². The van der Waals surface area contributed by atoms with Gasteiger partial charge in [0.05, 0.1) is 11.1 Å². The summed E-state index contributed by atoms with van der Waals surface area (Å²) in [5.74, 6) is 0.350. The molecule has 0 heterocycles. The van der Waals surface area contributed by atoms with Crippen LogP contribution < -0.4 is 15.4 Å². The number of ether oxygens (including phenoxy) is 1. The van der Waals surface area contributed by atoms with Gasteiger partial charge in [-0.25, -0.2) is 0 Å². The number of unbranched alkanes of at least 4 members (excludes halogenated alkanes) is 1.